The third kappa shape index (κ3) is 14.0. The number of hydrogen-bond acceptors (Lipinski definition) is 11. The van der Waals surface area contributed by atoms with Crippen molar-refractivity contribution in [3.63, 3.8) is 0 Å². The van der Waals surface area contributed by atoms with Gasteiger partial charge in [-0.2, -0.15) is 0 Å². The second-order valence-corrected chi connectivity index (χ2v) is 16.4. The van der Waals surface area contributed by atoms with E-state index in [1.807, 2.05) is 0 Å². The topological polar surface area (TPSA) is 215 Å². The molecule has 15 heteroatoms. The van der Waals surface area contributed by atoms with Crippen LogP contribution in [0, 0.1) is 17.8 Å². The van der Waals surface area contributed by atoms with Gasteiger partial charge in [-0.25, -0.2) is 5.43 Å². The van der Waals surface area contributed by atoms with Crippen LogP contribution in [0.15, 0.2) is 72.4 Å². The van der Waals surface area contributed by atoms with Crippen LogP contribution in [0.2, 0.25) is 0 Å². The molecule has 0 spiro atoms. The molecule has 8 atom stereocenters. The molecule has 1 unspecified atom stereocenters. The van der Waals surface area contributed by atoms with E-state index in [0.717, 1.165) is 12.8 Å². The molecule has 6 N–H and O–H groups in total. The van der Waals surface area contributed by atoms with Crippen LogP contribution in [0.5, 0.6) is 5.75 Å². The summed E-state index contributed by atoms with van der Waals surface area (Å²) < 4.78 is 6.05. The van der Waals surface area contributed by atoms with Crippen LogP contribution in [-0.4, -0.2) is 117 Å². The average molecular weight is 834 g/mol. The van der Waals surface area contributed by atoms with Gasteiger partial charge in [-0.05, 0) is 75.1 Å². The molecule has 2 bridgehead atoms. The number of aliphatic hydroxyl groups excluding tert-OH is 2. The number of likely N-dealkylation sites (tertiary alicyclic amines) is 1. The summed E-state index contributed by atoms with van der Waals surface area (Å²) >= 11 is 0. The maximum atomic E-state index is 14.3. The lowest BCUT2D eigenvalue weighted by Gasteiger charge is -2.36. The van der Waals surface area contributed by atoms with E-state index in [1.54, 1.807) is 75.1 Å². The average Bonchev–Trinajstić information content (AvgIpc) is 3.76. The Hall–Kier alpha value is -5.12. The predicted molar refractivity (Wildman–Crippen MR) is 224 cm³/mol. The van der Waals surface area contributed by atoms with Crippen molar-refractivity contribution in [2.24, 2.45) is 17.8 Å². The first kappa shape index (κ1) is 47.6. The van der Waals surface area contributed by atoms with Crippen LogP contribution in [0.25, 0.3) is 0 Å². The Bertz CT molecular complexity index is 1800. The van der Waals surface area contributed by atoms with Gasteiger partial charge in [0.2, 0.25) is 17.7 Å². The molecule has 4 amide bonds. The van der Waals surface area contributed by atoms with Crippen molar-refractivity contribution in [3.8, 4) is 5.75 Å². The largest absolute Gasteiger partial charge is 0.508 e. The molecule has 0 saturated carbocycles. The number of aromatic hydroxyl groups is 1. The summed E-state index contributed by atoms with van der Waals surface area (Å²) in [5.74, 6) is -5.42. The number of nitrogens with zero attached hydrogens (tertiary/aromatic N) is 2. The Morgan fingerprint density at radius 2 is 1.72 bits per heavy atom. The maximum Gasteiger partial charge on any atom is 0.325 e. The Kier molecular flexibility index (Phi) is 18.3. The SMILES string of the molecule is CC(=O)CC[C@H]1C(=O)N[C@@H](C(C)C)C(=O)N[C@@H](Cc2cccc(O)c2)C(=O)N2CCCC(N2)C(=O)O[C@H](/C(C)=C/C=C/C(=O)N2CCCC2)C/C=C/C=C/[C@H](O)[C@H](C)[C@H]1O. The highest BCUT2D eigenvalue weighted by atomic mass is 16.5. The fraction of sp³-hybridized carbons (Fsp3) is 0.556. The molecule has 1 aromatic carbocycles. The van der Waals surface area contributed by atoms with Crippen molar-refractivity contribution in [2.45, 2.75) is 122 Å². The van der Waals surface area contributed by atoms with Crippen LogP contribution >= 0.6 is 0 Å². The fourth-order valence-corrected chi connectivity index (χ4v) is 7.48. The smallest absolute Gasteiger partial charge is 0.325 e. The number of carbonyl (C=O) groups excluding carboxylic acids is 6. The number of ketones is 1. The Labute approximate surface area is 352 Å². The standard InChI is InChI=1S/C45H63N5O10/c1-28(2)40-43(57)46-36(27-32-15-12-16-33(52)26-32)44(58)50-25-13-17-35(48-50)45(59)60-38(29(3)14-11-20-39(54)49-23-9-10-24-49)19-8-6-7-18-37(53)31(5)41(55)34(42(56)47-40)22-21-30(4)51/h6-8,11-12,14-16,18,20,26,28,31,34-38,40-41,48,52-53,55H,9-10,13,17,19,21-25,27H2,1-5H3,(H,46,57)(H,47,56)/b8-6+,18-7+,20-11+,29-14+/t31-,34+,35?,36-,37-,38-,40-,41+/m0/s1. The van der Waals surface area contributed by atoms with Crippen LogP contribution < -0.4 is 16.1 Å². The number of benzene rings is 1. The van der Waals surface area contributed by atoms with Gasteiger partial charge in [0.15, 0.2) is 0 Å². The summed E-state index contributed by atoms with van der Waals surface area (Å²) in [6, 6.07) is 2.95. The number of hydrogen-bond donors (Lipinski definition) is 6. The Balaban J connectivity index is 1.70. The van der Waals surface area contributed by atoms with E-state index >= 15 is 0 Å². The first-order valence-electron chi connectivity index (χ1n) is 21.0. The summed E-state index contributed by atoms with van der Waals surface area (Å²) in [6.07, 6.45) is 10.7. The Morgan fingerprint density at radius 3 is 2.40 bits per heavy atom. The third-order valence-electron chi connectivity index (χ3n) is 11.3. The normalized spacial score (nSPS) is 29.3. The van der Waals surface area contributed by atoms with Gasteiger partial charge in [-0.1, -0.05) is 69.4 Å². The lowest BCUT2D eigenvalue weighted by atomic mass is 9.84. The van der Waals surface area contributed by atoms with Crippen LogP contribution in [0.3, 0.4) is 0 Å². The number of phenols is 1. The number of carbonyl (C=O) groups is 6. The fourth-order valence-electron chi connectivity index (χ4n) is 7.48. The van der Waals surface area contributed by atoms with Crippen molar-refractivity contribution in [3.05, 3.63) is 77.9 Å². The lowest BCUT2D eigenvalue weighted by Crippen LogP contribution is -2.62. The van der Waals surface area contributed by atoms with Crippen molar-refractivity contribution >= 4 is 35.4 Å². The van der Waals surface area contributed by atoms with Gasteiger partial charge < -0.3 is 40.4 Å². The molecule has 3 aliphatic heterocycles. The molecule has 2 fully saturated rings. The van der Waals surface area contributed by atoms with Gasteiger partial charge in [0.1, 0.15) is 35.8 Å². The highest BCUT2D eigenvalue weighted by Gasteiger charge is 2.38. The molecule has 328 valence electrons. The minimum atomic E-state index is -1.41. The number of esters is 1. The number of nitrogens with one attached hydrogen (secondary N) is 3. The number of amides is 4. The van der Waals surface area contributed by atoms with Crippen LogP contribution in [-0.2, 0) is 39.9 Å². The van der Waals surface area contributed by atoms with Crippen LogP contribution in [0.1, 0.15) is 85.1 Å². The van der Waals surface area contributed by atoms with Crippen molar-refractivity contribution in [2.75, 3.05) is 19.6 Å². The van der Waals surface area contributed by atoms with Gasteiger partial charge in [0.05, 0.1) is 18.1 Å². The number of aliphatic hydroxyl groups is 2. The summed E-state index contributed by atoms with van der Waals surface area (Å²) in [6.45, 7) is 9.79. The Morgan fingerprint density at radius 1 is 0.983 bits per heavy atom. The minimum absolute atomic E-state index is 0.0243. The minimum Gasteiger partial charge on any atom is -0.508 e. The molecule has 3 aliphatic rings. The molecule has 3 heterocycles. The molecule has 4 rings (SSSR count). The molecule has 15 nitrogen and oxygen atoms in total. The number of Topliss-reactive ketones (excluding diaryl/α,β-unsaturated/α-hetero) is 1. The molecule has 2 saturated heterocycles. The molecule has 0 aromatic heterocycles. The number of fused-ring (bicyclic) bond motifs is 2. The van der Waals surface area contributed by atoms with E-state index in [2.05, 4.69) is 16.1 Å². The summed E-state index contributed by atoms with van der Waals surface area (Å²) in [5.41, 5.74) is 4.20. The monoisotopic (exact) mass is 833 g/mol. The van der Waals surface area contributed by atoms with Gasteiger partial charge in [0.25, 0.3) is 5.91 Å². The van der Waals surface area contributed by atoms with E-state index in [4.69, 9.17) is 4.74 Å². The van der Waals surface area contributed by atoms with Gasteiger partial charge in [0, 0.05) is 50.9 Å². The second-order valence-electron chi connectivity index (χ2n) is 16.4. The number of rotatable bonds is 9. The van der Waals surface area contributed by atoms with E-state index in [9.17, 15) is 44.1 Å². The molecule has 60 heavy (non-hydrogen) atoms. The van der Waals surface area contributed by atoms with E-state index in [-0.39, 0.29) is 49.7 Å². The predicted octanol–water partition coefficient (Wildman–Crippen LogP) is 2.95. The number of cyclic esters (lactones) is 1. The van der Waals surface area contributed by atoms with Gasteiger partial charge in [-0.15, -0.1) is 0 Å². The number of phenolic OH excluding ortho intramolecular Hbond substituents is 1. The van der Waals surface area contributed by atoms with E-state index in [0.29, 0.717) is 37.1 Å². The van der Waals surface area contributed by atoms with Gasteiger partial charge >= 0.3 is 5.97 Å². The number of hydrazine groups is 1. The molecule has 0 radical (unpaired) electrons. The van der Waals surface area contributed by atoms with Crippen LogP contribution in [0.4, 0.5) is 0 Å². The van der Waals surface area contributed by atoms with Crippen molar-refractivity contribution in [1.82, 2.24) is 26.0 Å². The summed E-state index contributed by atoms with van der Waals surface area (Å²) in [4.78, 5) is 82.6. The molecular formula is C45H63N5O10. The number of ether oxygens (including phenoxy) is 1. The maximum absolute atomic E-state index is 14.3. The quantitative estimate of drug-likeness (QED) is 0.121. The second kappa shape index (κ2) is 23.0. The van der Waals surface area contributed by atoms with E-state index < -0.39 is 77.9 Å². The first-order valence-corrected chi connectivity index (χ1v) is 21.0. The lowest BCUT2D eigenvalue weighted by molar-refractivity contribution is -0.156. The first-order chi connectivity index (χ1) is 28.5. The highest BCUT2D eigenvalue weighted by molar-refractivity contribution is 5.93. The van der Waals surface area contributed by atoms with E-state index in [1.165, 1.54) is 36.2 Å². The molecular weight excluding hydrogens is 771 g/mol. The van der Waals surface area contributed by atoms with Crippen molar-refractivity contribution < 1.29 is 48.8 Å². The zero-order valence-electron chi connectivity index (χ0n) is 35.4. The highest BCUT2D eigenvalue weighted by Crippen LogP contribution is 2.24. The number of allylic oxidation sites excluding steroid dienone is 4. The van der Waals surface area contributed by atoms with Crippen molar-refractivity contribution in [1.29, 1.82) is 0 Å². The summed E-state index contributed by atoms with van der Waals surface area (Å²) in [5, 5.41) is 39.6. The molecule has 1 aromatic rings. The zero-order chi connectivity index (χ0) is 43.9. The zero-order valence-corrected chi connectivity index (χ0v) is 35.4. The molecule has 0 aliphatic carbocycles. The van der Waals surface area contributed by atoms with Gasteiger partial charge in [-0.3, -0.25) is 29.0 Å². The summed E-state index contributed by atoms with van der Waals surface area (Å²) in [7, 11) is 0. The third-order valence-corrected chi connectivity index (χ3v) is 11.3.